The van der Waals surface area contributed by atoms with E-state index < -0.39 is 5.97 Å². The molecule has 0 saturated carbocycles. The Balaban J connectivity index is 2.24. The summed E-state index contributed by atoms with van der Waals surface area (Å²) in [6.45, 7) is 3.65. The second-order valence-electron chi connectivity index (χ2n) is 3.27. The molecule has 0 aromatic carbocycles. The van der Waals surface area contributed by atoms with E-state index in [0.29, 0.717) is 10.2 Å². The van der Waals surface area contributed by atoms with E-state index in [-0.39, 0.29) is 5.69 Å². The van der Waals surface area contributed by atoms with Crippen molar-refractivity contribution in [3.05, 3.63) is 29.5 Å². The zero-order chi connectivity index (χ0) is 12.4. The number of nitrogens with zero attached hydrogens (tertiary/aromatic N) is 3. The highest BCUT2D eigenvalue weighted by Crippen LogP contribution is 2.26. The molecule has 0 spiro atoms. The Morgan fingerprint density at radius 3 is 2.71 bits per heavy atom. The fourth-order valence-electron chi connectivity index (χ4n) is 1.08. The van der Waals surface area contributed by atoms with Crippen molar-refractivity contribution < 1.29 is 14.3 Å². The summed E-state index contributed by atoms with van der Waals surface area (Å²) in [5, 5.41) is 9.64. The van der Waals surface area contributed by atoms with Crippen LogP contribution in [0.15, 0.2) is 27.1 Å². The normalized spacial score (nSPS) is 10.5. The first-order chi connectivity index (χ1) is 8.06. The van der Waals surface area contributed by atoms with Gasteiger partial charge in [-0.25, -0.2) is 14.8 Å². The zero-order valence-electron chi connectivity index (χ0n) is 9.17. The Kier molecular flexibility index (Phi) is 3.10. The molecular formula is C10H9N3O3S. The number of oxazole rings is 1. The molecule has 0 radical (unpaired) electrons. The number of aryl methyl sites for hydroxylation is 2. The van der Waals surface area contributed by atoms with Crippen molar-refractivity contribution in [2.45, 2.75) is 24.1 Å². The lowest BCUT2D eigenvalue weighted by Crippen LogP contribution is -2.01. The number of carbonyl (C=O) groups is 1. The highest BCUT2D eigenvalue weighted by Gasteiger charge is 2.11. The van der Waals surface area contributed by atoms with Crippen molar-refractivity contribution in [3.63, 3.8) is 0 Å². The van der Waals surface area contributed by atoms with Gasteiger partial charge in [-0.1, -0.05) is 0 Å². The first-order valence-corrected chi connectivity index (χ1v) is 5.55. The molecular weight excluding hydrogens is 242 g/mol. The highest BCUT2D eigenvalue weighted by atomic mass is 32.2. The van der Waals surface area contributed by atoms with Crippen LogP contribution < -0.4 is 0 Å². The van der Waals surface area contributed by atoms with Crippen molar-refractivity contribution in [3.8, 4) is 0 Å². The monoisotopic (exact) mass is 251 g/mol. The lowest BCUT2D eigenvalue weighted by molar-refractivity contribution is 0.0689. The van der Waals surface area contributed by atoms with Crippen LogP contribution in [0.4, 0.5) is 0 Å². The maximum atomic E-state index is 10.7. The third-order valence-electron chi connectivity index (χ3n) is 2.03. The summed E-state index contributed by atoms with van der Waals surface area (Å²) in [5.74, 6) is -0.380. The molecule has 0 aliphatic carbocycles. The number of rotatable bonds is 3. The minimum absolute atomic E-state index is 0.102. The summed E-state index contributed by atoms with van der Waals surface area (Å²) in [4.78, 5) is 22.6. The fraction of sp³-hybridized carbons (Fsp3) is 0.200. The van der Waals surface area contributed by atoms with Gasteiger partial charge in [-0.2, -0.15) is 0 Å². The predicted molar refractivity (Wildman–Crippen MR) is 59.1 cm³/mol. The quantitative estimate of drug-likeness (QED) is 0.891. The van der Waals surface area contributed by atoms with Gasteiger partial charge < -0.3 is 9.52 Å². The Morgan fingerprint density at radius 1 is 1.35 bits per heavy atom. The second-order valence-corrected chi connectivity index (χ2v) is 4.24. The minimum Gasteiger partial charge on any atom is -0.476 e. The molecule has 2 heterocycles. The molecule has 7 heteroatoms. The predicted octanol–water partition coefficient (Wildman–Crippen LogP) is 1.93. The van der Waals surface area contributed by atoms with Crippen LogP contribution in [-0.2, 0) is 0 Å². The van der Waals surface area contributed by atoms with Crippen LogP contribution in [0.25, 0.3) is 0 Å². The summed E-state index contributed by atoms with van der Waals surface area (Å²) in [5.41, 5.74) is 0.699. The van der Waals surface area contributed by atoms with Crippen LogP contribution >= 0.6 is 11.8 Å². The minimum atomic E-state index is -1.11. The second kappa shape index (κ2) is 4.54. The van der Waals surface area contributed by atoms with Gasteiger partial charge in [0.25, 0.3) is 5.22 Å². The van der Waals surface area contributed by atoms with Gasteiger partial charge in [0, 0.05) is 0 Å². The Hall–Kier alpha value is -1.89. The molecule has 0 amide bonds. The van der Waals surface area contributed by atoms with Gasteiger partial charge in [-0.3, -0.25) is 4.98 Å². The van der Waals surface area contributed by atoms with E-state index in [1.165, 1.54) is 12.4 Å². The van der Waals surface area contributed by atoms with Gasteiger partial charge in [-0.15, -0.1) is 0 Å². The van der Waals surface area contributed by atoms with Crippen LogP contribution in [0, 0.1) is 13.8 Å². The molecule has 2 rings (SSSR count). The van der Waals surface area contributed by atoms with Crippen LogP contribution in [0.3, 0.4) is 0 Å². The van der Waals surface area contributed by atoms with Gasteiger partial charge in [0.1, 0.15) is 10.8 Å². The van der Waals surface area contributed by atoms with Gasteiger partial charge >= 0.3 is 5.97 Å². The SMILES string of the molecule is Cc1nc(Sc2cncc(C(=O)O)n2)oc1C. The summed E-state index contributed by atoms with van der Waals surface area (Å²) >= 11 is 1.14. The molecule has 6 nitrogen and oxygen atoms in total. The van der Waals surface area contributed by atoms with E-state index in [2.05, 4.69) is 15.0 Å². The molecule has 0 aliphatic heterocycles. The van der Waals surface area contributed by atoms with E-state index in [1.54, 1.807) is 0 Å². The highest BCUT2D eigenvalue weighted by molar-refractivity contribution is 7.99. The van der Waals surface area contributed by atoms with Crippen molar-refractivity contribution in [2.24, 2.45) is 0 Å². The van der Waals surface area contributed by atoms with Crippen LogP contribution in [0.1, 0.15) is 21.9 Å². The van der Waals surface area contributed by atoms with E-state index in [0.717, 1.165) is 23.2 Å². The average molecular weight is 251 g/mol. The van der Waals surface area contributed by atoms with Crippen LogP contribution in [0.5, 0.6) is 0 Å². The molecule has 0 aliphatic rings. The molecule has 1 N–H and O–H groups in total. The molecule has 88 valence electrons. The molecule has 0 unspecified atom stereocenters. The molecule has 0 bridgehead atoms. The van der Waals surface area contributed by atoms with Crippen molar-refractivity contribution >= 4 is 17.7 Å². The Labute approximate surface area is 101 Å². The summed E-state index contributed by atoms with van der Waals surface area (Å²) < 4.78 is 5.36. The molecule has 0 fully saturated rings. The van der Waals surface area contributed by atoms with Crippen LogP contribution in [-0.4, -0.2) is 26.0 Å². The number of carboxylic acid groups (broad SMARTS) is 1. The maximum absolute atomic E-state index is 10.7. The summed E-state index contributed by atoms with van der Waals surface area (Å²) in [7, 11) is 0. The topological polar surface area (TPSA) is 89.1 Å². The largest absolute Gasteiger partial charge is 0.476 e. The lowest BCUT2D eigenvalue weighted by Gasteiger charge is -1.97. The van der Waals surface area contributed by atoms with E-state index in [4.69, 9.17) is 9.52 Å². The van der Waals surface area contributed by atoms with E-state index >= 15 is 0 Å². The number of aromatic nitrogens is 3. The fourth-order valence-corrected chi connectivity index (χ4v) is 1.86. The molecule has 2 aromatic rings. The van der Waals surface area contributed by atoms with Crippen molar-refractivity contribution in [1.29, 1.82) is 0 Å². The molecule has 0 saturated heterocycles. The average Bonchev–Trinajstić information content (AvgIpc) is 2.58. The van der Waals surface area contributed by atoms with Gasteiger partial charge in [0.2, 0.25) is 0 Å². The van der Waals surface area contributed by atoms with Gasteiger partial charge in [-0.05, 0) is 25.6 Å². The maximum Gasteiger partial charge on any atom is 0.356 e. The van der Waals surface area contributed by atoms with Crippen LogP contribution in [0.2, 0.25) is 0 Å². The number of hydrogen-bond donors (Lipinski definition) is 1. The summed E-state index contributed by atoms with van der Waals surface area (Å²) in [6, 6.07) is 0. The van der Waals surface area contributed by atoms with Gasteiger partial charge in [0.15, 0.2) is 5.69 Å². The summed E-state index contributed by atoms with van der Waals surface area (Å²) in [6.07, 6.45) is 2.66. The molecule has 17 heavy (non-hydrogen) atoms. The molecule has 2 aromatic heterocycles. The first-order valence-electron chi connectivity index (χ1n) is 4.73. The third-order valence-corrected chi connectivity index (χ3v) is 2.79. The first kappa shape index (κ1) is 11.6. The zero-order valence-corrected chi connectivity index (χ0v) is 9.98. The molecule has 0 atom stereocenters. The Bertz CT molecular complexity index is 548. The number of hydrogen-bond acceptors (Lipinski definition) is 6. The van der Waals surface area contributed by atoms with E-state index in [9.17, 15) is 4.79 Å². The Morgan fingerprint density at radius 2 is 2.12 bits per heavy atom. The number of carboxylic acids is 1. The van der Waals surface area contributed by atoms with E-state index in [1.807, 2.05) is 13.8 Å². The number of aromatic carboxylic acids is 1. The standard InChI is InChI=1S/C10H9N3O3S/c1-5-6(2)16-10(12-5)17-8-4-11-3-7(13-8)9(14)15/h3-4H,1-2H3,(H,14,15). The smallest absolute Gasteiger partial charge is 0.356 e. The van der Waals surface area contributed by atoms with Crippen molar-refractivity contribution in [2.75, 3.05) is 0 Å². The van der Waals surface area contributed by atoms with Gasteiger partial charge in [0.05, 0.1) is 18.1 Å². The lowest BCUT2D eigenvalue weighted by atomic mass is 10.4. The van der Waals surface area contributed by atoms with Crippen molar-refractivity contribution in [1.82, 2.24) is 15.0 Å². The third kappa shape index (κ3) is 2.62.